The van der Waals surface area contributed by atoms with Crippen molar-refractivity contribution in [2.24, 2.45) is 0 Å². The predicted octanol–water partition coefficient (Wildman–Crippen LogP) is 3.40. The standard InChI is InChI=1S/C15H17N3OS/c1-3-8-5-10-9(4-2)14(19)18-13(10)11(6-8)12-7-20-15(16)17-12/h5-7,9H,3-4H2,1-2H3,(H2,16,17)(H,18,19). The van der Waals surface area contributed by atoms with E-state index in [9.17, 15) is 4.79 Å². The molecule has 0 saturated heterocycles. The first-order valence-electron chi connectivity index (χ1n) is 6.83. The van der Waals surface area contributed by atoms with Crippen molar-refractivity contribution in [1.29, 1.82) is 0 Å². The van der Waals surface area contributed by atoms with Gasteiger partial charge in [0.25, 0.3) is 0 Å². The lowest BCUT2D eigenvalue weighted by molar-refractivity contribution is -0.117. The minimum atomic E-state index is -0.0498. The van der Waals surface area contributed by atoms with Gasteiger partial charge in [0.05, 0.1) is 17.3 Å². The number of carbonyl (C=O) groups is 1. The molecule has 1 amide bonds. The lowest BCUT2D eigenvalue weighted by atomic mass is 9.93. The predicted molar refractivity (Wildman–Crippen MR) is 83.0 cm³/mol. The van der Waals surface area contributed by atoms with Gasteiger partial charge in [0.2, 0.25) is 5.91 Å². The first-order chi connectivity index (χ1) is 9.63. The summed E-state index contributed by atoms with van der Waals surface area (Å²) in [4.78, 5) is 16.5. The highest BCUT2D eigenvalue weighted by molar-refractivity contribution is 7.13. The second-order valence-electron chi connectivity index (χ2n) is 4.98. The molecule has 1 aromatic heterocycles. The molecule has 3 rings (SSSR count). The van der Waals surface area contributed by atoms with Gasteiger partial charge >= 0.3 is 0 Å². The van der Waals surface area contributed by atoms with Crippen LogP contribution in [0.1, 0.15) is 37.3 Å². The zero-order chi connectivity index (χ0) is 14.3. The zero-order valence-electron chi connectivity index (χ0n) is 11.6. The third-order valence-corrected chi connectivity index (χ3v) is 4.46. The molecule has 1 atom stereocenters. The minimum absolute atomic E-state index is 0.0498. The normalized spacial score (nSPS) is 17.1. The minimum Gasteiger partial charge on any atom is -0.375 e. The highest BCUT2D eigenvalue weighted by Gasteiger charge is 2.31. The molecule has 0 radical (unpaired) electrons. The van der Waals surface area contributed by atoms with Crippen LogP contribution in [0.3, 0.4) is 0 Å². The number of thiazole rings is 1. The van der Waals surface area contributed by atoms with Gasteiger partial charge in [-0.25, -0.2) is 4.98 Å². The largest absolute Gasteiger partial charge is 0.375 e. The summed E-state index contributed by atoms with van der Waals surface area (Å²) in [5.41, 5.74) is 10.8. The van der Waals surface area contributed by atoms with E-state index in [1.54, 1.807) is 0 Å². The van der Waals surface area contributed by atoms with Crippen molar-refractivity contribution in [2.45, 2.75) is 32.6 Å². The molecule has 1 unspecified atom stereocenters. The number of nitrogens with zero attached hydrogens (tertiary/aromatic N) is 1. The van der Waals surface area contributed by atoms with Crippen molar-refractivity contribution in [1.82, 2.24) is 4.98 Å². The Balaban J connectivity index is 2.21. The lowest BCUT2D eigenvalue weighted by Gasteiger charge is -2.10. The Hall–Kier alpha value is -1.88. The fourth-order valence-electron chi connectivity index (χ4n) is 2.72. The first-order valence-corrected chi connectivity index (χ1v) is 7.71. The number of nitrogens with two attached hydrogens (primary N) is 1. The van der Waals surface area contributed by atoms with Crippen molar-refractivity contribution in [2.75, 3.05) is 11.1 Å². The van der Waals surface area contributed by atoms with Crippen molar-refractivity contribution in [3.63, 3.8) is 0 Å². The third-order valence-electron chi connectivity index (χ3n) is 3.78. The highest BCUT2D eigenvalue weighted by Crippen LogP contribution is 2.42. The second-order valence-corrected chi connectivity index (χ2v) is 5.87. The van der Waals surface area contributed by atoms with Crippen LogP contribution in [0.4, 0.5) is 10.8 Å². The van der Waals surface area contributed by atoms with E-state index in [4.69, 9.17) is 5.73 Å². The number of nitrogen functional groups attached to an aromatic ring is 1. The van der Waals surface area contributed by atoms with Crippen LogP contribution in [-0.2, 0) is 11.2 Å². The van der Waals surface area contributed by atoms with Gasteiger partial charge in [-0.3, -0.25) is 4.79 Å². The highest BCUT2D eigenvalue weighted by atomic mass is 32.1. The monoisotopic (exact) mass is 287 g/mol. The summed E-state index contributed by atoms with van der Waals surface area (Å²) in [6.07, 6.45) is 1.75. The van der Waals surface area contributed by atoms with Gasteiger partial charge < -0.3 is 11.1 Å². The fraction of sp³-hybridized carbons (Fsp3) is 0.333. The zero-order valence-corrected chi connectivity index (χ0v) is 12.4. The third kappa shape index (κ3) is 1.98. The summed E-state index contributed by atoms with van der Waals surface area (Å²) in [5, 5.41) is 5.50. The Labute approximate surface area is 122 Å². The molecule has 4 nitrogen and oxygen atoms in total. The van der Waals surface area contributed by atoms with E-state index in [2.05, 4.69) is 29.4 Å². The Morgan fingerprint density at radius 3 is 2.80 bits per heavy atom. The number of aromatic nitrogens is 1. The number of carbonyl (C=O) groups excluding carboxylic acids is 1. The van der Waals surface area contributed by atoms with E-state index in [1.165, 1.54) is 16.9 Å². The molecule has 0 spiro atoms. The average Bonchev–Trinajstić information content (AvgIpc) is 3.00. The van der Waals surface area contributed by atoms with Crippen LogP contribution in [0.25, 0.3) is 11.3 Å². The quantitative estimate of drug-likeness (QED) is 0.909. The van der Waals surface area contributed by atoms with Crippen LogP contribution >= 0.6 is 11.3 Å². The number of aryl methyl sites for hydroxylation is 1. The van der Waals surface area contributed by atoms with Crippen LogP contribution in [-0.4, -0.2) is 10.9 Å². The van der Waals surface area contributed by atoms with Gasteiger partial charge in [-0.15, -0.1) is 11.3 Å². The number of benzene rings is 1. The van der Waals surface area contributed by atoms with Crippen molar-refractivity contribution in [3.8, 4) is 11.3 Å². The molecule has 5 heteroatoms. The van der Waals surface area contributed by atoms with Crippen molar-refractivity contribution < 1.29 is 4.79 Å². The van der Waals surface area contributed by atoms with Crippen molar-refractivity contribution >= 4 is 28.1 Å². The smallest absolute Gasteiger partial charge is 0.232 e. The van der Waals surface area contributed by atoms with E-state index in [-0.39, 0.29) is 11.8 Å². The number of anilines is 2. The molecule has 2 aromatic rings. The number of fused-ring (bicyclic) bond motifs is 1. The number of rotatable bonds is 3. The fourth-order valence-corrected chi connectivity index (χ4v) is 3.28. The summed E-state index contributed by atoms with van der Waals surface area (Å²) in [5.74, 6) is 0.0337. The molecular weight excluding hydrogens is 270 g/mol. The van der Waals surface area contributed by atoms with E-state index >= 15 is 0 Å². The Morgan fingerprint density at radius 2 is 2.20 bits per heavy atom. The first kappa shape index (κ1) is 13.1. The molecule has 1 aliphatic heterocycles. The summed E-state index contributed by atoms with van der Waals surface area (Å²) in [6, 6.07) is 4.24. The molecule has 0 saturated carbocycles. The topological polar surface area (TPSA) is 68.0 Å². The molecule has 1 aliphatic rings. The Bertz CT molecular complexity index is 678. The van der Waals surface area contributed by atoms with E-state index in [1.807, 2.05) is 12.3 Å². The number of amides is 1. The van der Waals surface area contributed by atoms with E-state index in [0.717, 1.165) is 35.3 Å². The van der Waals surface area contributed by atoms with Crippen LogP contribution < -0.4 is 11.1 Å². The molecule has 2 heterocycles. The van der Waals surface area contributed by atoms with E-state index in [0.29, 0.717) is 5.13 Å². The van der Waals surface area contributed by atoms with E-state index < -0.39 is 0 Å². The van der Waals surface area contributed by atoms with Gasteiger partial charge in [0.1, 0.15) is 0 Å². The molecular formula is C15H17N3OS. The van der Waals surface area contributed by atoms with Crippen LogP contribution in [0, 0.1) is 0 Å². The van der Waals surface area contributed by atoms with Gasteiger partial charge in [0.15, 0.2) is 5.13 Å². The number of hydrogen-bond donors (Lipinski definition) is 2. The lowest BCUT2D eigenvalue weighted by Crippen LogP contribution is -2.10. The Morgan fingerprint density at radius 1 is 1.40 bits per heavy atom. The maximum absolute atomic E-state index is 12.1. The molecule has 3 N–H and O–H groups in total. The van der Waals surface area contributed by atoms with Crippen LogP contribution in [0.2, 0.25) is 0 Å². The van der Waals surface area contributed by atoms with Gasteiger partial charge in [-0.1, -0.05) is 19.9 Å². The number of hydrogen-bond acceptors (Lipinski definition) is 4. The Kier molecular flexibility index (Phi) is 3.22. The molecule has 1 aromatic carbocycles. The van der Waals surface area contributed by atoms with Gasteiger partial charge in [-0.2, -0.15) is 0 Å². The summed E-state index contributed by atoms with van der Waals surface area (Å²) < 4.78 is 0. The molecule has 20 heavy (non-hydrogen) atoms. The maximum Gasteiger partial charge on any atom is 0.232 e. The van der Waals surface area contributed by atoms with Crippen molar-refractivity contribution in [3.05, 3.63) is 28.6 Å². The SMILES string of the molecule is CCc1cc(-c2csc(N)n2)c2c(c1)C(CC)C(=O)N2. The summed E-state index contributed by atoms with van der Waals surface area (Å²) >= 11 is 1.42. The summed E-state index contributed by atoms with van der Waals surface area (Å²) in [6.45, 7) is 4.16. The maximum atomic E-state index is 12.1. The number of nitrogens with one attached hydrogen (secondary N) is 1. The molecule has 0 bridgehead atoms. The second kappa shape index (κ2) is 4.90. The van der Waals surface area contributed by atoms with Crippen LogP contribution in [0.5, 0.6) is 0 Å². The van der Waals surface area contributed by atoms with Crippen LogP contribution in [0.15, 0.2) is 17.5 Å². The average molecular weight is 287 g/mol. The summed E-state index contributed by atoms with van der Waals surface area (Å²) in [7, 11) is 0. The van der Waals surface area contributed by atoms with Gasteiger partial charge in [-0.05, 0) is 30.0 Å². The molecule has 0 aliphatic carbocycles. The van der Waals surface area contributed by atoms with Gasteiger partial charge in [0, 0.05) is 10.9 Å². The molecule has 104 valence electrons. The molecule has 0 fully saturated rings.